The number of anilines is 1. The first-order valence-electron chi connectivity index (χ1n) is 12.9. The highest BCUT2D eigenvalue weighted by Crippen LogP contribution is 2.60. The van der Waals surface area contributed by atoms with Gasteiger partial charge in [0, 0.05) is 19.9 Å². The Kier molecular flexibility index (Phi) is 6.13. The lowest BCUT2D eigenvalue weighted by Crippen LogP contribution is -2.43. The zero-order chi connectivity index (χ0) is 26.4. The predicted octanol–water partition coefficient (Wildman–Crippen LogP) is 6.60. The quantitative estimate of drug-likeness (QED) is 0.296. The number of allylic oxidation sites excluding steroid dienone is 1. The molecule has 3 aliphatic rings. The van der Waals surface area contributed by atoms with E-state index in [4.69, 9.17) is 10.9 Å². The summed E-state index contributed by atoms with van der Waals surface area (Å²) in [5.74, 6) is 0.0141. The van der Waals surface area contributed by atoms with Gasteiger partial charge in [0.2, 0.25) is 0 Å². The van der Waals surface area contributed by atoms with E-state index in [-0.39, 0.29) is 24.5 Å². The third-order valence-corrected chi connectivity index (χ3v) is 8.33. The van der Waals surface area contributed by atoms with Crippen LogP contribution in [-0.4, -0.2) is 22.0 Å². The third-order valence-electron chi connectivity index (χ3n) is 8.33. The van der Waals surface area contributed by atoms with Crippen molar-refractivity contribution in [3.63, 3.8) is 0 Å². The lowest BCUT2D eigenvalue weighted by molar-refractivity contribution is 0.279. The van der Waals surface area contributed by atoms with Gasteiger partial charge in [0.15, 0.2) is 0 Å². The number of aromatic nitrogens is 2. The van der Waals surface area contributed by atoms with Crippen molar-refractivity contribution in [1.29, 1.82) is 0 Å². The van der Waals surface area contributed by atoms with E-state index >= 15 is 0 Å². The average Bonchev–Trinajstić information content (AvgIpc) is 3.50. The first-order valence-corrected chi connectivity index (χ1v) is 12.9. The van der Waals surface area contributed by atoms with Gasteiger partial charge >= 0.3 is 0 Å². The molecule has 3 atom stereocenters. The van der Waals surface area contributed by atoms with Crippen molar-refractivity contribution in [2.75, 3.05) is 12.1 Å². The SMILES string of the molecule is CN(O)c1cccc(F)c1.NC1C[C@H]2CCC3=Cc4c(cnn4-c4ccc(F)cc4)C[C@@]32c2ccccc21.[HH]. The maximum atomic E-state index is 13.3. The summed E-state index contributed by atoms with van der Waals surface area (Å²) in [4.78, 5) is 0. The first kappa shape index (κ1) is 24.5. The van der Waals surface area contributed by atoms with Crippen molar-refractivity contribution >= 4 is 11.8 Å². The van der Waals surface area contributed by atoms with E-state index < -0.39 is 0 Å². The van der Waals surface area contributed by atoms with E-state index in [2.05, 4.69) is 35.4 Å². The van der Waals surface area contributed by atoms with Crippen molar-refractivity contribution in [1.82, 2.24) is 9.78 Å². The van der Waals surface area contributed by atoms with Gasteiger partial charge in [-0.25, -0.2) is 13.5 Å². The zero-order valence-corrected chi connectivity index (χ0v) is 21.2. The fourth-order valence-corrected chi connectivity index (χ4v) is 6.60. The van der Waals surface area contributed by atoms with E-state index in [0.29, 0.717) is 11.6 Å². The van der Waals surface area contributed by atoms with Crippen molar-refractivity contribution < 1.29 is 15.4 Å². The molecule has 0 radical (unpaired) electrons. The fourth-order valence-electron chi connectivity index (χ4n) is 6.60. The van der Waals surface area contributed by atoms with Crippen molar-refractivity contribution in [3.05, 3.63) is 119 Å². The van der Waals surface area contributed by atoms with Crippen molar-refractivity contribution in [2.45, 2.75) is 37.1 Å². The summed E-state index contributed by atoms with van der Waals surface area (Å²) in [7, 11) is 1.44. The first-order chi connectivity index (χ1) is 18.4. The molecular weight excluding hydrogens is 482 g/mol. The van der Waals surface area contributed by atoms with Crippen LogP contribution in [0.4, 0.5) is 14.5 Å². The van der Waals surface area contributed by atoms with E-state index in [9.17, 15) is 8.78 Å². The minimum Gasteiger partial charge on any atom is -0.324 e. The smallest absolute Gasteiger partial charge is 0.125 e. The second kappa shape index (κ2) is 9.49. The molecule has 1 unspecified atom stereocenters. The molecular formula is C31H32F2N4O. The van der Waals surface area contributed by atoms with E-state index in [0.717, 1.165) is 35.7 Å². The van der Waals surface area contributed by atoms with Gasteiger partial charge in [-0.15, -0.1) is 0 Å². The fraction of sp³-hybridized carbons (Fsp3) is 0.258. The topological polar surface area (TPSA) is 67.3 Å². The summed E-state index contributed by atoms with van der Waals surface area (Å²) in [5.41, 5.74) is 14.6. The van der Waals surface area contributed by atoms with Crippen LogP contribution in [0.2, 0.25) is 0 Å². The number of rotatable bonds is 2. The maximum absolute atomic E-state index is 13.3. The molecule has 1 heterocycles. The van der Waals surface area contributed by atoms with Crippen LogP contribution in [0.15, 0.2) is 84.6 Å². The molecule has 3 aliphatic carbocycles. The third kappa shape index (κ3) is 4.03. The average molecular weight is 515 g/mol. The van der Waals surface area contributed by atoms with Gasteiger partial charge in [0.05, 0.1) is 23.3 Å². The van der Waals surface area contributed by atoms with Crippen LogP contribution >= 0.6 is 0 Å². The molecule has 4 aromatic rings. The summed E-state index contributed by atoms with van der Waals surface area (Å²) in [6.45, 7) is 0. The molecule has 0 saturated heterocycles. The summed E-state index contributed by atoms with van der Waals surface area (Å²) in [5, 5.41) is 14.3. The Morgan fingerprint density at radius 3 is 2.58 bits per heavy atom. The zero-order valence-electron chi connectivity index (χ0n) is 21.2. The van der Waals surface area contributed by atoms with Crippen molar-refractivity contribution in [3.8, 4) is 5.69 Å². The van der Waals surface area contributed by atoms with Crippen molar-refractivity contribution in [2.24, 2.45) is 11.7 Å². The minimum absolute atomic E-state index is 0. The summed E-state index contributed by atoms with van der Waals surface area (Å²) < 4.78 is 27.7. The largest absolute Gasteiger partial charge is 0.324 e. The molecule has 7 heteroatoms. The van der Waals surface area contributed by atoms with Gasteiger partial charge in [0.1, 0.15) is 11.6 Å². The number of nitrogens with two attached hydrogens (primary N) is 1. The number of hydrogen-bond acceptors (Lipinski definition) is 4. The highest BCUT2D eigenvalue weighted by atomic mass is 19.1. The Bertz CT molecular complexity index is 1520. The minimum atomic E-state index is -0.349. The summed E-state index contributed by atoms with van der Waals surface area (Å²) >= 11 is 0. The molecule has 3 aromatic carbocycles. The van der Waals surface area contributed by atoms with Crippen LogP contribution in [0.5, 0.6) is 0 Å². The monoisotopic (exact) mass is 514 g/mol. The predicted molar refractivity (Wildman–Crippen MR) is 146 cm³/mol. The Labute approximate surface area is 222 Å². The lowest BCUT2D eigenvalue weighted by Gasteiger charge is -2.46. The molecule has 0 aliphatic heterocycles. The second-order valence-electron chi connectivity index (χ2n) is 10.4. The highest BCUT2D eigenvalue weighted by molar-refractivity contribution is 5.67. The van der Waals surface area contributed by atoms with Crippen LogP contribution < -0.4 is 10.8 Å². The molecule has 5 nitrogen and oxygen atoms in total. The van der Waals surface area contributed by atoms with Crippen LogP contribution in [0.3, 0.4) is 0 Å². The number of nitrogens with zero attached hydrogens (tertiary/aromatic N) is 3. The van der Waals surface area contributed by atoms with Gasteiger partial charge in [-0.2, -0.15) is 5.10 Å². The molecule has 0 amide bonds. The second-order valence-corrected chi connectivity index (χ2v) is 10.4. The molecule has 1 spiro atoms. The normalized spacial score (nSPS) is 22.7. The van der Waals surface area contributed by atoms with Crippen LogP contribution in [0.25, 0.3) is 11.8 Å². The summed E-state index contributed by atoms with van der Waals surface area (Å²) in [6.07, 6.45) is 8.68. The Balaban J connectivity index is 0.000000240. The molecule has 38 heavy (non-hydrogen) atoms. The molecule has 196 valence electrons. The highest BCUT2D eigenvalue weighted by Gasteiger charge is 2.53. The number of fused-ring (bicyclic) bond motifs is 2. The molecule has 3 N–H and O–H groups in total. The van der Waals surface area contributed by atoms with Crippen LogP contribution in [0.1, 0.15) is 49.1 Å². The van der Waals surface area contributed by atoms with Gasteiger partial charge in [-0.05, 0) is 96.8 Å². The summed E-state index contributed by atoms with van der Waals surface area (Å²) in [6, 6.07) is 21.2. The molecule has 1 aromatic heterocycles. The Morgan fingerprint density at radius 2 is 1.84 bits per heavy atom. The Hall–Kier alpha value is -3.81. The van der Waals surface area contributed by atoms with Gasteiger partial charge < -0.3 is 5.73 Å². The number of halogens is 2. The number of hydrogen-bond donors (Lipinski definition) is 2. The van der Waals surface area contributed by atoms with Gasteiger partial charge in [-0.1, -0.05) is 35.9 Å². The van der Waals surface area contributed by atoms with E-state index in [1.54, 1.807) is 18.2 Å². The van der Waals surface area contributed by atoms with Crippen LogP contribution in [-0.2, 0) is 11.8 Å². The van der Waals surface area contributed by atoms with Crippen LogP contribution in [0, 0.1) is 17.6 Å². The maximum Gasteiger partial charge on any atom is 0.125 e. The molecule has 1 fully saturated rings. The van der Waals surface area contributed by atoms with Gasteiger partial charge in [0.25, 0.3) is 0 Å². The molecule has 1 saturated carbocycles. The van der Waals surface area contributed by atoms with E-state index in [1.807, 2.05) is 10.9 Å². The standard InChI is InChI=1S/C24H22FN3.C7H8FNO.H2/c25-18-7-9-19(10-8-18)28-23-12-17-6-5-16-11-22(26)20-3-1-2-4-21(20)24(16,17)13-15(23)14-27-28;1-9(10)7-4-2-3-6(8)5-7;/h1-4,7-10,12,14,16,22H,5-6,11,13,26H2;2-5,10H,1H3;1H/t16-,22?,24+;;/m1../s1. The molecule has 0 bridgehead atoms. The lowest BCUT2D eigenvalue weighted by atomic mass is 9.58. The molecule has 7 rings (SSSR count). The van der Waals surface area contributed by atoms with E-state index in [1.165, 1.54) is 66.1 Å². The number of benzene rings is 3. The van der Waals surface area contributed by atoms with Gasteiger partial charge in [-0.3, -0.25) is 10.3 Å². The number of hydroxylamine groups is 1. The Morgan fingerprint density at radius 1 is 1.05 bits per heavy atom.